The second-order valence-electron chi connectivity index (χ2n) is 3.21. The lowest BCUT2D eigenvalue weighted by atomic mass is 10.2. The van der Waals surface area contributed by atoms with Crippen molar-refractivity contribution in [2.45, 2.75) is 20.8 Å². The van der Waals surface area contributed by atoms with Crippen LogP contribution < -0.4 is 4.90 Å². The molecule has 0 aromatic heterocycles. The third kappa shape index (κ3) is 2.77. The van der Waals surface area contributed by atoms with E-state index < -0.39 is 0 Å². The summed E-state index contributed by atoms with van der Waals surface area (Å²) in [6.07, 6.45) is 8.16. The second kappa shape index (κ2) is 5.28. The summed E-state index contributed by atoms with van der Waals surface area (Å²) in [5, 5.41) is 0. The summed E-state index contributed by atoms with van der Waals surface area (Å²) in [6.45, 7) is 6.14. The van der Waals surface area contributed by atoms with Crippen LogP contribution in [0.3, 0.4) is 0 Å². The van der Waals surface area contributed by atoms with E-state index in [0.717, 1.165) is 0 Å². The minimum Gasteiger partial charge on any atom is -0.325 e. The Bertz CT molecular complexity index is 325. The molecule has 1 heteroatoms. The maximum atomic E-state index is 2.17. The first-order chi connectivity index (χ1) is 6.77. The molecule has 0 spiro atoms. The summed E-state index contributed by atoms with van der Waals surface area (Å²) in [4.78, 5) is 2.10. The number of hydrogen-bond acceptors (Lipinski definition) is 1. The molecule has 14 heavy (non-hydrogen) atoms. The fourth-order valence-electron chi connectivity index (χ4n) is 1.33. The van der Waals surface area contributed by atoms with Gasteiger partial charge in [-0.05, 0) is 38.5 Å². The molecule has 1 rings (SSSR count). The van der Waals surface area contributed by atoms with Crippen molar-refractivity contribution in [1.29, 1.82) is 0 Å². The fraction of sp³-hybridized carbons (Fsp3) is 0.231. The minimum absolute atomic E-state index is 1.20. The lowest BCUT2D eigenvalue weighted by molar-refractivity contribution is 1.25. The van der Waals surface area contributed by atoms with Crippen LogP contribution in [-0.2, 0) is 0 Å². The molecule has 0 aliphatic rings. The van der Waals surface area contributed by atoms with Crippen LogP contribution in [0.4, 0.5) is 5.69 Å². The van der Waals surface area contributed by atoms with Crippen LogP contribution in [-0.4, -0.2) is 0 Å². The standard InChI is InChI=1S/C13H17N/c1-4-9-14(10-5-2)13-8-6-7-12(3)11-13/h4-11H,1-3H3. The first-order valence-electron chi connectivity index (χ1n) is 4.88. The Morgan fingerprint density at radius 2 is 1.71 bits per heavy atom. The van der Waals surface area contributed by atoms with Gasteiger partial charge in [-0.25, -0.2) is 0 Å². The van der Waals surface area contributed by atoms with E-state index in [1.54, 1.807) is 0 Å². The Balaban J connectivity index is 2.98. The van der Waals surface area contributed by atoms with Gasteiger partial charge in [0.15, 0.2) is 0 Å². The van der Waals surface area contributed by atoms with E-state index in [9.17, 15) is 0 Å². The summed E-state index contributed by atoms with van der Waals surface area (Å²) in [7, 11) is 0. The zero-order valence-corrected chi connectivity index (χ0v) is 9.07. The second-order valence-corrected chi connectivity index (χ2v) is 3.21. The molecule has 0 unspecified atom stereocenters. The lowest BCUT2D eigenvalue weighted by Gasteiger charge is -2.15. The van der Waals surface area contributed by atoms with Crippen LogP contribution in [0.2, 0.25) is 0 Å². The molecule has 0 fully saturated rings. The van der Waals surface area contributed by atoms with E-state index in [2.05, 4.69) is 48.5 Å². The Kier molecular flexibility index (Phi) is 3.99. The lowest BCUT2D eigenvalue weighted by Crippen LogP contribution is -2.06. The van der Waals surface area contributed by atoms with Gasteiger partial charge in [0.2, 0.25) is 0 Å². The number of nitrogens with zero attached hydrogens (tertiary/aromatic N) is 1. The topological polar surface area (TPSA) is 3.24 Å². The molecule has 0 atom stereocenters. The maximum absolute atomic E-state index is 2.17. The van der Waals surface area contributed by atoms with Gasteiger partial charge < -0.3 is 4.90 Å². The van der Waals surface area contributed by atoms with Crippen molar-refractivity contribution in [3.05, 3.63) is 54.4 Å². The van der Waals surface area contributed by atoms with E-state index in [1.165, 1.54) is 11.3 Å². The summed E-state index contributed by atoms with van der Waals surface area (Å²) >= 11 is 0. The molecule has 0 aliphatic carbocycles. The number of rotatable bonds is 3. The molecule has 1 aromatic rings. The van der Waals surface area contributed by atoms with Gasteiger partial charge >= 0.3 is 0 Å². The van der Waals surface area contributed by atoms with E-state index in [1.807, 2.05) is 26.0 Å². The van der Waals surface area contributed by atoms with Crippen molar-refractivity contribution in [3.63, 3.8) is 0 Å². The van der Waals surface area contributed by atoms with E-state index in [-0.39, 0.29) is 0 Å². The van der Waals surface area contributed by atoms with Crippen LogP contribution in [0.5, 0.6) is 0 Å². The molecule has 0 amide bonds. The van der Waals surface area contributed by atoms with Gasteiger partial charge in [0.05, 0.1) is 0 Å². The summed E-state index contributed by atoms with van der Waals surface area (Å²) < 4.78 is 0. The number of anilines is 1. The molecule has 0 bridgehead atoms. The molecule has 1 aromatic carbocycles. The Hall–Kier alpha value is -1.50. The Labute approximate surface area is 86.4 Å². The van der Waals surface area contributed by atoms with Crippen LogP contribution in [0.1, 0.15) is 19.4 Å². The molecule has 0 N–H and O–H groups in total. The third-order valence-corrected chi connectivity index (χ3v) is 1.92. The summed E-state index contributed by atoms with van der Waals surface area (Å²) in [5.41, 5.74) is 2.47. The molecule has 0 saturated heterocycles. The van der Waals surface area contributed by atoms with Crippen LogP contribution in [0, 0.1) is 6.92 Å². The molecular formula is C13H17N. The zero-order valence-electron chi connectivity index (χ0n) is 9.07. The number of benzene rings is 1. The quantitative estimate of drug-likeness (QED) is 0.694. The SMILES string of the molecule is CC=CN(C=CC)c1cccc(C)c1. The molecule has 0 radical (unpaired) electrons. The summed E-state index contributed by atoms with van der Waals surface area (Å²) in [6, 6.07) is 8.45. The average molecular weight is 187 g/mol. The highest BCUT2D eigenvalue weighted by atomic mass is 15.1. The first kappa shape index (κ1) is 10.6. The van der Waals surface area contributed by atoms with Crippen LogP contribution >= 0.6 is 0 Å². The molecule has 74 valence electrons. The van der Waals surface area contributed by atoms with Gasteiger partial charge in [0.25, 0.3) is 0 Å². The van der Waals surface area contributed by atoms with Gasteiger partial charge in [-0.2, -0.15) is 0 Å². The van der Waals surface area contributed by atoms with Crippen molar-refractivity contribution in [3.8, 4) is 0 Å². The number of allylic oxidation sites excluding steroid dienone is 2. The highest BCUT2D eigenvalue weighted by Crippen LogP contribution is 2.16. The third-order valence-electron chi connectivity index (χ3n) is 1.92. The van der Waals surface area contributed by atoms with Crippen molar-refractivity contribution < 1.29 is 0 Å². The Morgan fingerprint density at radius 1 is 1.07 bits per heavy atom. The van der Waals surface area contributed by atoms with Crippen molar-refractivity contribution in [2.24, 2.45) is 0 Å². The normalized spacial score (nSPS) is 11.4. The number of aryl methyl sites for hydroxylation is 1. The molecule has 0 aliphatic heterocycles. The maximum Gasteiger partial charge on any atom is 0.0451 e. The highest BCUT2D eigenvalue weighted by Gasteiger charge is 1.97. The van der Waals surface area contributed by atoms with Gasteiger partial charge in [-0.1, -0.05) is 24.3 Å². The van der Waals surface area contributed by atoms with Crippen molar-refractivity contribution in [2.75, 3.05) is 4.90 Å². The predicted molar refractivity (Wildman–Crippen MR) is 63.3 cm³/mol. The van der Waals surface area contributed by atoms with Crippen molar-refractivity contribution in [1.82, 2.24) is 0 Å². The van der Waals surface area contributed by atoms with Crippen LogP contribution in [0.15, 0.2) is 48.8 Å². The van der Waals surface area contributed by atoms with Gasteiger partial charge in [0, 0.05) is 18.1 Å². The minimum atomic E-state index is 1.20. The largest absolute Gasteiger partial charge is 0.325 e. The molecule has 0 saturated carbocycles. The van der Waals surface area contributed by atoms with E-state index >= 15 is 0 Å². The summed E-state index contributed by atoms with van der Waals surface area (Å²) in [5.74, 6) is 0. The zero-order chi connectivity index (χ0) is 10.4. The fourth-order valence-corrected chi connectivity index (χ4v) is 1.33. The van der Waals surface area contributed by atoms with Crippen molar-refractivity contribution >= 4 is 5.69 Å². The van der Waals surface area contributed by atoms with Crippen LogP contribution in [0.25, 0.3) is 0 Å². The molecule has 0 heterocycles. The van der Waals surface area contributed by atoms with E-state index in [4.69, 9.17) is 0 Å². The predicted octanol–water partition coefficient (Wildman–Crippen LogP) is 3.87. The molecule has 1 nitrogen and oxygen atoms in total. The van der Waals surface area contributed by atoms with Gasteiger partial charge in [0.1, 0.15) is 0 Å². The first-order valence-corrected chi connectivity index (χ1v) is 4.88. The van der Waals surface area contributed by atoms with Gasteiger partial charge in [-0.3, -0.25) is 0 Å². The number of hydrogen-bond donors (Lipinski definition) is 0. The Morgan fingerprint density at radius 3 is 2.21 bits per heavy atom. The van der Waals surface area contributed by atoms with Gasteiger partial charge in [-0.15, -0.1) is 0 Å². The highest BCUT2D eigenvalue weighted by molar-refractivity contribution is 5.53. The average Bonchev–Trinajstić information content (AvgIpc) is 2.17. The monoisotopic (exact) mass is 187 g/mol. The smallest absolute Gasteiger partial charge is 0.0451 e. The van der Waals surface area contributed by atoms with E-state index in [0.29, 0.717) is 0 Å². The molecular weight excluding hydrogens is 170 g/mol.